The van der Waals surface area contributed by atoms with Crippen molar-refractivity contribution in [3.8, 4) is 0 Å². The minimum Gasteiger partial charge on any atom is -0.289 e. The lowest BCUT2D eigenvalue weighted by atomic mass is 9.97. The van der Waals surface area contributed by atoms with Crippen LogP contribution in [0.4, 0.5) is 0 Å². The first kappa shape index (κ1) is 14.8. The van der Waals surface area contributed by atoms with Crippen molar-refractivity contribution >= 4 is 60.0 Å². The number of ketones is 1. The third-order valence-corrected chi connectivity index (χ3v) is 5.22. The zero-order valence-corrected chi connectivity index (χ0v) is 14.7. The zero-order chi connectivity index (χ0) is 15.0. The molecule has 0 aromatic heterocycles. The number of rotatable bonds is 2. The molecule has 0 aliphatic carbocycles. The van der Waals surface area contributed by atoms with E-state index in [-0.39, 0.29) is 5.78 Å². The molecule has 0 amide bonds. The van der Waals surface area contributed by atoms with Gasteiger partial charge in [0, 0.05) is 20.1 Å². The molecule has 0 aliphatic rings. The second-order valence-corrected chi connectivity index (χ2v) is 6.71. The van der Waals surface area contributed by atoms with Gasteiger partial charge < -0.3 is 0 Å². The molecule has 3 aromatic carbocycles. The van der Waals surface area contributed by atoms with Gasteiger partial charge in [0.15, 0.2) is 5.78 Å². The summed E-state index contributed by atoms with van der Waals surface area (Å²) in [6.07, 6.45) is 0. The number of carbonyl (C=O) groups excluding carboxylic acids is 1. The van der Waals surface area contributed by atoms with E-state index in [2.05, 4.69) is 31.9 Å². The summed E-state index contributed by atoms with van der Waals surface area (Å²) >= 11 is 12.9. The van der Waals surface area contributed by atoms with Gasteiger partial charge in [-0.3, -0.25) is 4.79 Å². The van der Waals surface area contributed by atoms with Crippen molar-refractivity contribution in [2.75, 3.05) is 0 Å². The smallest absolute Gasteiger partial charge is 0.193 e. The van der Waals surface area contributed by atoms with E-state index in [1.807, 2.05) is 36.4 Å². The van der Waals surface area contributed by atoms with Crippen LogP contribution < -0.4 is 0 Å². The average Bonchev–Trinajstić information content (AvgIpc) is 2.50. The zero-order valence-electron chi connectivity index (χ0n) is 10.7. The first-order chi connectivity index (χ1) is 10.1. The van der Waals surface area contributed by atoms with Crippen molar-refractivity contribution in [2.45, 2.75) is 0 Å². The van der Waals surface area contributed by atoms with Crippen molar-refractivity contribution in [1.29, 1.82) is 0 Å². The molecule has 0 N–H and O–H groups in total. The van der Waals surface area contributed by atoms with Gasteiger partial charge in [-0.1, -0.05) is 51.8 Å². The van der Waals surface area contributed by atoms with Gasteiger partial charge in [0.25, 0.3) is 0 Å². The van der Waals surface area contributed by atoms with Gasteiger partial charge >= 0.3 is 0 Å². The molecule has 0 unspecified atom stereocenters. The first-order valence-electron chi connectivity index (χ1n) is 6.25. The molecule has 1 nitrogen and oxygen atoms in total. The molecule has 0 saturated carbocycles. The van der Waals surface area contributed by atoms with Gasteiger partial charge in [0.1, 0.15) is 0 Å². The maximum absolute atomic E-state index is 12.7. The van der Waals surface area contributed by atoms with Gasteiger partial charge in [-0.25, -0.2) is 0 Å². The fourth-order valence-corrected chi connectivity index (χ4v) is 3.16. The molecule has 0 fully saturated rings. The Labute approximate surface area is 144 Å². The quantitative estimate of drug-likeness (QED) is 0.445. The molecular weight excluding hydrogens is 415 g/mol. The van der Waals surface area contributed by atoms with Crippen LogP contribution in [0.5, 0.6) is 0 Å². The molecule has 3 rings (SSSR count). The van der Waals surface area contributed by atoms with Crippen LogP contribution in [0.2, 0.25) is 5.02 Å². The summed E-state index contributed by atoms with van der Waals surface area (Å²) in [5.74, 6) is -0.0342. The number of fused-ring (bicyclic) bond motifs is 1. The molecular formula is C17H9Br2ClO. The van der Waals surface area contributed by atoms with Gasteiger partial charge in [0.2, 0.25) is 0 Å². The fraction of sp³-hybridized carbons (Fsp3) is 0. The van der Waals surface area contributed by atoms with E-state index in [1.54, 1.807) is 18.2 Å². The van der Waals surface area contributed by atoms with E-state index < -0.39 is 0 Å². The molecule has 0 bridgehead atoms. The van der Waals surface area contributed by atoms with Crippen molar-refractivity contribution < 1.29 is 4.79 Å². The topological polar surface area (TPSA) is 17.1 Å². The monoisotopic (exact) mass is 422 g/mol. The molecule has 0 aliphatic heterocycles. The highest BCUT2D eigenvalue weighted by molar-refractivity contribution is 9.11. The van der Waals surface area contributed by atoms with E-state index in [0.29, 0.717) is 16.1 Å². The number of halogens is 3. The summed E-state index contributed by atoms with van der Waals surface area (Å²) < 4.78 is 1.75. The van der Waals surface area contributed by atoms with Crippen molar-refractivity contribution in [1.82, 2.24) is 0 Å². The molecule has 4 heteroatoms. The Balaban J connectivity index is 2.18. The van der Waals surface area contributed by atoms with E-state index in [1.165, 1.54) is 0 Å². The van der Waals surface area contributed by atoms with Crippen molar-refractivity contribution in [3.63, 3.8) is 0 Å². The summed E-state index contributed by atoms with van der Waals surface area (Å²) in [4.78, 5) is 12.7. The summed E-state index contributed by atoms with van der Waals surface area (Å²) in [5.41, 5.74) is 1.25. The van der Waals surface area contributed by atoms with Gasteiger partial charge in [-0.2, -0.15) is 0 Å². The van der Waals surface area contributed by atoms with Crippen LogP contribution in [0.3, 0.4) is 0 Å². The SMILES string of the molecule is O=C(c1ccc(Br)c(Cl)c1)c1ccc(Br)c2ccccc12. The number of hydrogen-bond acceptors (Lipinski definition) is 1. The first-order valence-corrected chi connectivity index (χ1v) is 8.21. The number of carbonyl (C=O) groups is 1. The van der Waals surface area contributed by atoms with Crippen LogP contribution in [-0.4, -0.2) is 5.78 Å². The summed E-state index contributed by atoms with van der Waals surface area (Å²) in [6.45, 7) is 0. The lowest BCUT2D eigenvalue weighted by Gasteiger charge is -2.08. The van der Waals surface area contributed by atoms with E-state index in [9.17, 15) is 4.79 Å². The van der Waals surface area contributed by atoms with Crippen molar-refractivity contribution in [3.05, 3.63) is 79.7 Å². The van der Waals surface area contributed by atoms with Gasteiger partial charge in [0.05, 0.1) is 5.02 Å². The van der Waals surface area contributed by atoms with Gasteiger partial charge in [-0.15, -0.1) is 0 Å². The van der Waals surface area contributed by atoms with Crippen molar-refractivity contribution in [2.24, 2.45) is 0 Å². The van der Waals surface area contributed by atoms with E-state index in [0.717, 1.165) is 19.7 Å². The summed E-state index contributed by atoms with van der Waals surface area (Å²) in [7, 11) is 0. The number of hydrogen-bond donors (Lipinski definition) is 0. The standard InChI is InChI=1S/C17H9Br2ClO/c18-14-8-6-13(11-3-1-2-4-12(11)14)17(21)10-5-7-15(19)16(20)9-10/h1-9H. The Morgan fingerprint density at radius 1 is 0.857 bits per heavy atom. The Hall–Kier alpha value is -1.16. The maximum Gasteiger partial charge on any atom is 0.193 e. The predicted molar refractivity (Wildman–Crippen MR) is 94.2 cm³/mol. The van der Waals surface area contributed by atoms with Crippen LogP contribution in [0, 0.1) is 0 Å². The largest absolute Gasteiger partial charge is 0.289 e. The minimum atomic E-state index is -0.0342. The molecule has 0 saturated heterocycles. The highest BCUT2D eigenvalue weighted by Crippen LogP contribution is 2.30. The van der Waals surface area contributed by atoms with Crippen LogP contribution in [0.15, 0.2) is 63.5 Å². The Bertz CT molecular complexity index is 859. The average molecular weight is 425 g/mol. The normalized spacial score (nSPS) is 10.8. The highest BCUT2D eigenvalue weighted by atomic mass is 79.9. The molecule has 3 aromatic rings. The van der Waals surface area contributed by atoms with Crippen LogP contribution in [0.1, 0.15) is 15.9 Å². The second kappa shape index (κ2) is 5.91. The molecule has 0 spiro atoms. The lowest BCUT2D eigenvalue weighted by molar-refractivity contribution is 0.104. The molecule has 0 atom stereocenters. The maximum atomic E-state index is 12.7. The molecule has 21 heavy (non-hydrogen) atoms. The molecule has 0 heterocycles. The second-order valence-electron chi connectivity index (χ2n) is 4.60. The van der Waals surface area contributed by atoms with Gasteiger partial charge in [-0.05, 0) is 57.0 Å². The van der Waals surface area contributed by atoms with Crippen LogP contribution >= 0.6 is 43.5 Å². The molecule has 0 radical (unpaired) electrons. The summed E-state index contributed by atoms with van der Waals surface area (Å²) in [5, 5.41) is 2.48. The minimum absolute atomic E-state index is 0.0342. The van der Waals surface area contributed by atoms with Crippen LogP contribution in [-0.2, 0) is 0 Å². The number of benzene rings is 3. The lowest BCUT2D eigenvalue weighted by Crippen LogP contribution is -2.02. The van der Waals surface area contributed by atoms with E-state index in [4.69, 9.17) is 11.6 Å². The highest BCUT2D eigenvalue weighted by Gasteiger charge is 2.14. The van der Waals surface area contributed by atoms with E-state index >= 15 is 0 Å². The Morgan fingerprint density at radius 3 is 2.24 bits per heavy atom. The predicted octanol–water partition coefficient (Wildman–Crippen LogP) is 6.25. The summed E-state index contributed by atoms with van der Waals surface area (Å²) in [6, 6.07) is 16.8. The fourth-order valence-electron chi connectivity index (χ4n) is 2.25. The van der Waals surface area contributed by atoms with Crippen LogP contribution in [0.25, 0.3) is 10.8 Å². The Morgan fingerprint density at radius 2 is 1.52 bits per heavy atom. The molecule has 104 valence electrons. The Kier molecular flexibility index (Phi) is 4.16. The third kappa shape index (κ3) is 2.78. The third-order valence-electron chi connectivity index (χ3n) is 3.30.